The Balaban J connectivity index is 1.59. The molecule has 1 aromatic carbocycles. The molecule has 19 heavy (non-hydrogen) atoms. The van der Waals surface area contributed by atoms with Crippen molar-refractivity contribution in [3.63, 3.8) is 0 Å². The van der Waals surface area contributed by atoms with Crippen LogP contribution in [0.5, 0.6) is 5.75 Å². The molecule has 1 amide bonds. The van der Waals surface area contributed by atoms with Crippen molar-refractivity contribution in [3.05, 3.63) is 29.8 Å². The van der Waals surface area contributed by atoms with Crippen LogP contribution in [0.2, 0.25) is 0 Å². The van der Waals surface area contributed by atoms with Crippen molar-refractivity contribution in [2.24, 2.45) is 0 Å². The van der Waals surface area contributed by atoms with Gasteiger partial charge in [-0.2, -0.15) is 0 Å². The molecule has 0 aliphatic heterocycles. The van der Waals surface area contributed by atoms with E-state index in [1.54, 1.807) is 0 Å². The van der Waals surface area contributed by atoms with Crippen LogP contribution in [0.4, 0.5) is 0 Å². The van der Waals surface area contributed by atoms with Crippen molar-refractivity contribution in [1.29, 1.82) is 0 Å². The number of ether oxygens (including phenoxy) is 1. The fraction of sp³-hybridized carbons (Fsp3) is 0.562. The molecular formula is C16H23NO2. The Labute approximate surface area is 115 Å². The van der Waals surface area contributed by atoms with Crippen LogP contribution in [0.1, 0.15) is 44.1 Å². The summed E-state index contributed by atoms with van der Waals surface area (Å²) < 4.78 is 5.63. The lowest BCUT2D eigenvalue weighted by Gasteiger charge is -2.12. The lowest BCUT2D eigenvalue weighted by atomic mass is 10.2. The average Bonchev–Trinajstić information content (AvgIpc) is 2.87. The van der Waals surface area contributed by atoms with Gasteiger partial charge in [-0.1, -0.05) is 25.0 Å². The molecule has 0 aromatic heterocycles. The van der Waals surface area contributed by atoms with Crippen molar-refractivity contribution < 1.29 is 9.53 Å². The average molecular weight is 261 g/mol. The van der Waals surface area contributed by atoms with Crippen molar-refractivity contribution in [1.82, 2.24) is 5.32 Å². The van der Waals surface area contributed by atoms with E-state index in [4.69, 9.17) is 4.74 Å². The van der Waals surface area contributed by atoms with E-state index in [9.17, 15) is 4.79 Å². The summed E-state index contributed by atoms with van der Waals surface area (Å²) in [7, 11) is 0. The molecule has 0 unspecified atom stereocenters. The number of carbonyl (C=O) groups is 1. The van der Waals surface area contributed by atoms with Crippen molar-refractivity contribution >= 4 is 5.91 Å². The molecule has 104 valence electrons. The molecule has 1 saturated carbocycles. The zero-order chi connectivity index (χ0) is 13.5. The van der Waals surface area contributed by atoms with Gasteiger partial charge in [0.1, 0.15) is 5.75 Å². The highest BCUT2D eigenvalue weighted by molar-refractivity contribution is 5.76. The van der Waals surface area contributed by atoms with E-state index in [-0.39, 0.29) is 5.91 Å². The largest absolute Gasteiger partial charge is 0.494 e. The Morgan fingerprint density at radius 1 is 1.37 bits per heavy atom. The Morgan fingerprint density at radius 3 is 2.89 bits per heavy atom. The number of hydrogen-bond acceptors (Lipinski definition) is 2. The molecule has 3 nitrogen and oxygen atoms in total. The van der Waals surface area contributed by atoms with Crippen LogP contribution in [-0.4, -0.2) is 18.6 Å². The molecule has 0 atom stereocenters. The third kappa shape index (κ3) is 4.93. The summed E-state index contributed by atoms with van der Waals surface area (Å²) in [5.74, 6) is 1.05. The number of benzene rings is 1. The standard InChI is InChI=1S/C16H23NO2/c1-13-6-4-9-15(12-13)19-11-5-10-16(18)17-14-7-2-3-8-14/h4,6,9,12,14H,2-3,5,7-8,10-11H2,1H3,(H,17,18). The normalized spacial score (nSPS) is 15.4. The molecule has 0 bridgehead atoms. The minimum Gasteiger partial charge on any atom is -0.494 e. The molecule has 0 heterocycles. The Morgan fingerprint density at radius 2 is 2.16 bits per heavy atom. The molecule has 1 aromatic rings. The maximum Gasteiger partial charge on any atom is 0.220 e. The number of hydrogen-bond donors (Lipinski definition) is 1. The summed E-state index contributed by atoms with van der Waals surface area (Å²) >= 11 is 0. The second-order valence-corrected chi connectivity index (χ2v) is 5.32. The SMILES string of the molecule is Cc1cccc(OCCCC(=O)NC2CCCC2)c1. The number of amides is 1. The highest BCUT2D eigenvalue weighted by Crippen LogP contribution is 2.17. The van der Waals surface area contributed by atoms with Gasteiger partial charge < -0.3 is 10.1 Å². The summed E-state index contributed by atoms with van der Waals surface area (Å²) in [6, 6.07) is 8.41. The predicted octanol–water partition coefficient (Wildman–Crippen LogP) is 3.21. The lowest BCUT2D eigenvalue weighted by molar-refractivity contribution is -0.122. The van der Waals surface area contributed by atoms with Gasteiger partial charge in [-0.15, -0.1) is 0 Å². The summed E-state index contributed by atoms with van der Waals surface area (Å²) in [4.78, 5) is 11.7. The van der Waals surface area contributed by atoms with Crippen molar-refractivity contribution in [2.75, 3.05) is 6.61 Å². The fourth-order valence-corrected chi connectivity index (χ4v) is 2.50. The molecule has 1 N–H and O–H groups in total. The first-order valence-corrected chi connectivity index (χ1v) is 7.23. The summed E-state index contributed by atoms with van der Waals surface area (Å²) in [5.41, 5.74) is 1.19. The first-order valence-electron chi connectivity index (χ1n) is 7.23. The van der Waals surface area contributed by atoms with Crippen molar-refractivity contribution in [2.45, 2.75) is 51.5 Å². The van der Waals surface area contributed by atoms with Gasteiger partial charge in [-0.05, 0) is 43.9 Å². The van der Waals surface area contributed by atoms with Gasteiger partial charge in [0.25, 0.3) is 0 Å². The van der Waals surface area contributed by atoms with Crippen LogP contribution in [0, 0.1) is 6.92 Å². The summed E-state index contributed by atoms with van der Waals surface area (Å²) in [6.45, 7) is 2.64. The molecule has 1 fully saturated rings. The lowest BCUT2D eigenvalue weighted by Crippen LogP contribution is -2.32. The van der Waals surface area contributed by atoms with Gasteiger partial charge in [-0.25, -0.2) is 0 Å². The van der Waals surface area contributed by atoms with Crippen LogP contribution in [0.3, 0.4) is 0 Å². The molecule has 0 radical (unpaired) electrons. The molecule has 1 aliphatic carbocycles. The van der Waals surface area contributed by atoms with Crippen LogP contribution in [0.25, 0.3) is 0 Å². The van der Waals surface area contributed by atoms with Gasteiger partial charge >= 0.3 is 0 Å². The third-order valence-corrected chi connectivity index (χ3v) is 3.53. The van der Waals surface area contributed by atoms with E-state index < -0.39 is 0 Å². The number of nitrogens with one attached hydrogen (secondary N) is 1. The minimum atomic E-state index is 0.166. The maximum absolute atomic E-state index is 11.7. The van der Waals surface area contributed by atoms with Gasteiger partial charge in [0.05, 0.1) is 6.61 Å². The van der Waals surface area contributed by atoms with Crippen molar-refractivity contribution in [3.8, 4) is 5.75 Å². The topological polar surface area (TPSA) is 38.3 Å². The zero-order valence-corrected chi connectivity index (χ0v) is 11.7. The number of carbonyl (C=O) groups excluding carboxylic acids is 1. The fourth-order valence-electron chi connectivity index (χ4n) is 2.50. The summed E-state index contributed by atoms with van der Waals surface area (Å²) in [5, 5.41) is 3.09. The monoisotopic (exact) mass is 261 g/mol. The quantitative estimate of drug-likeness (QED) is 0.798. The third-order valence-electron chi connectivity index (χ3n) is 3.53. The maximum atomic E-state index is 11.7. The van der Waals surface area contributed by atoms with Gasteiger partial charge in [-0.3, -0.25) is 4.79 Å². The first kappa shape index (κ1) is 13.9. The number of aryl methyl sites for hydroxylation is 1. The van der Waals surface area contributed by atoms with Gasteiger partial charge in [0.2, 0.25) is 5.91 Å². The Hall–Kier alpha value is -1.51. The molecule has 3 heteroatoms. The molecule has 1 aliphatic rings. The van der Waals surface area contributed by atoms with E-state index in [0.717, 1.165) is 25.0 Å². The molecule has 0 saturated heterocycles. The van der Waals surface area contributed by atoms with E-state index in [1.807, 2.05) is 31.2 Å². The Bertz CT molecular complexity index is 411. The van der Waals surface area contributed by atoms with Crippen LogP contribution < -0.4 is 10.1 Å². The highest BCUT2D eigenvalue weighted by Gasteiger charge is 2.16. The minimum absolute atomic E-state index is 0.166. The van der Waals surface area contributed by atoms with Crippen LogP contribution >= 0.6 is 0 Å². The summed E-state index contributed by atoms with van der Waals surface area (Å²) in [6.07, 6.45) is 6.12. The van der Waals surface area contributed by atoms with Crippen LogP contribution in [-0.2, 0) is 4.79 Å². The smallest absolute Gasteiger partial charge is 0.220 e. The highest BCUT2D eigenvalue weighted by atomic mass is 16.5. The van der Waals surface area contributed by atoms with E-state index in [0.29, 0.717) is 19.1 Å². The number of rotatable bonds is 6. The zero-order valence-electron chi connectivity index (χ0n) is 11.7. The molecule has 0 spiro atoms. The van der Waals surface area contributed by atoms with E-state index >= 15 is 0 Å². The van der Waals surface area contributed by atoms with E-state index in [1.165, 1.54) is 18.4 Å². The van der Waals surface area contributed by atoms with Crippen LogP contribution in [0.15, 0.2) is 24.3 Å². The van der Waals surface area contributed by atoms with E-state index in [2.05, 4.69) is 5.32 Å². The molecular weight excluding hydrogens is 238 g/mol. The molecule has 2 rings (SSSR count). The van der Waals surface area contributed by atoms with Gasteiger partial charge in [0, 0.05) is 12.5 Å². The Kier molecular flexibility index (Phi) is 5.25. The second-order valence-electron chi connectivity index (χ2n) is 5.32. The van der Waals surface area contributed by atoms with Gasteiger partial charge in [0.15, 0.2) is 0 Å². The second kappa shape index (κ2) is 7.17. The first-order chi connectivity index (χ1) is 9.24. The predicted molar refractivity (Wildman–Crippen MR) is 76.3 cm³/mol.